The van der Waals surface area contributed by atoms with Gasteiger partial charge in [0.05, 0.1) is 39.2 Å². The number of nitrogens with zero attached hydrogens (tertiary/aromatic N) is 6. The Labute approximate surface area is 223 Å². The minimum atomic E-state index is -0.273. The smallest absolute Gasteiger partial charge is 0.255 e. The first-order chi connectivity index (χ1) is 18.2. The van der Waals surface area contributed by atoms with Crippen LogP contribution in [0.2, 0.25) is 5.02 Å². The lowest BCUT2D eigenvalue weighted by Crippen LogP contribution is -2.32. The lowest BCUT2D eigenvalue weighted by atomic mass is 10.0. The first kappa shape index (κ1) is 23.8. The SMILES string of the molecule is Cc1cn(C)nc1C#Cc1ccc2c(c1)OC[C@H]2N(C)C(=O)c1cc2c(cc1Cl)nc(N)c1cnn(C)c12. The topological polar surface area (TPSA) is 104 Å². The predicted octanol–water partition coefficient (Wildman–Crippen LogP) is 4.00. The summed E-state index contributed by atoms with van der Waals surface area (Å²) in [6.07, 6.45) is 3.60. The van der Waals surface area contributed by atoms with Crippen LogP contribution in [0.25, 0.3) is 21.8 Å². The number of hydrogen-bond acceptors (Lipinski definition) is 6. The van der Waals surface area contributed by atoms with E-state index in [1.807, 2.05) is 45.4 Å². The van der Waals surface area contributed by atoms with E-state index in [9.17, 15) is 4.79 Å². The number of likely N-dealkylation sites (N-methyl/N-ethyl adjacent to an activating group) is 1. The summed E-state index contributed by atoms with van der Waals surface area (Å²) in [5.74, 6) is 7.13. The number of nitrogens with two attached hydrogens (primary N) is 1. The van der Waals surface area contributed by atoms with E-state index in [-0.39, 0.29) is 11.9 Å². The fraction of sp³-hybridized carbons (Fsp3) is 0.214. The molecule has 0 aliphatic carbocycles. The van der Waals surface area contributed by atoms with Crippen LogP contribution in [0, 0.1) is 18.8 Å². The number of nitrogen functional groups attached to an aromatic ring is 1. The van der Waals surface area contributed by atoms with Crippen molar-refractivity contribution < 1.29 is 9.53 Å². The van der Waals surface area contributed by atoms with Gasteiger partial charge in [0.2, 0.25) is 0 Å². The van der Waals surface area contributed by atoms with Crippen LogP contribution in [0.3, 0.4) is 0 Å². The van der Waals surface area contributed by atoms with Crippen LogP contribution in [0.1, 0.15) is 38.8 Å². The van der Waals surface area contributed by atoms with Crippen LogP contribution >= 0.6 is 11.6 Å². The van der Waals surface area contributed by atoms with E-state index < -0.39 is 0 Å². The lowest BCUT2D eigenvalue weighted by molar-refractivity contribution is 0.0709. The van der Waals surface area contributed by atoms with Crippen molar-refractivity contribution >= 4 is 45.1 Å². The molecule has 0 radical (unpaired) electrons. The molecule has 6 rings (SSSR count). The lowest BCUT2D eigenvalue weighted by Gasteiger charge is -2.24. The minimum Gasteiger partial charge on any atom is -0.491 e. The molecule has 1 aliphatic rings. The largest absolute Gasteiger partial charge is 0.491 e. The number of amides is 1. The number of benzene rings is 2. The monoisotopic (exact) mass is 525 g/mol. The van der Waals surface area contributed by atoms with Gasteiger partial charge in [0.15, 0.2) is 0 Å². The first-order valence-corrected chi connectivity index (χ1v) is 12.4. The maximum absolute atomic E-state index is 13.7. The number of rotatable bonds is 2. The molecule has 5 aromatic rings. The standard InChI is InChI=1S/C28H24ClN7O2/c1-15-13-34(2)33-22(15)8-6-16-5-7-17-24(14-38-25(17)9-16)35(3)28(37)18-10-19-23(11-21(18)29)32-27(30)20-12-31-36(4)26(19)20/h5,7,9-13,24H,14H2,1-4H3,(H2,30,32)/t24-/m1/s1. The van der Waals surface area contributed by atoms with Crippen molar-refractivity contribution in [1.29, 1.82) is 0 Å². The van der Waals surface area contributed by atoms with Gasteiger partial charge in [-0.2, -0.15) is 10.2 Å². The summed E-state index contributed by atoms with van der Waals surface area (Å²) in [6, 6.07) is 8.96. The van der Waals surface area contributed by atoms with Gasteiger partial charge in [-0.3, -0.25) is 14.2 Å². The van der Waals surface area contributed by atoms with Gasteiger partial charge in [0, 0.05) is 49.4 Å². The van der Waals surface area contributed by atoms with E-state index in [0.717, 1.165) is 38.7 Å². The highest BCUT2D eigenvalue weighted by Gasteiger charge is 2.32. The molecular formula is C28H24ClN7O2. The molecule has 0 fully saturated rings. The van der Waals surface area contributed by atoms with Gasteiger partial charge < -0.3 is 15.4 Å². The van der Waals surface area contributed by atoms with Gasteiger partial charge >= 0.3 is 0 Å². The molecule has 0 saturated carbocycles. The molecular weight excluding hydrogens is 502 g/mol. The molecule has 9 nitrogen and oxygen atoms in total. The second-order valence-electron chi connectivity index (χ2n) is 9.46. The van der Waals surface area contributed by atoms with Crippen molar-refractivity contribution in [3.8, 4) is 17.6 Å². The Morgan fingerprint density at radius 1 is 1.21 bits per heavy atom. The molecule has 0 unspecified atom stereocenters. The molecule has 38 heavy (non-hydrogen) atoms. The average molecular weight is 526 g/mol. The first-order valence-electron chi connectivity index (χ1n) is 12.0. The maximum atomic E-state index is 13.7. The van der Waals surface area contributed by atoms with Crippen molar-refractivity contribution in [3.63, 3.8) is 0 Å². The highest BCUT2D eigenvalue weighted by atomic mass is 35.5. The number of halogens is 1. The third-order valence-corrected chi connectivity index (χ3v) is 7.23. The molecule has 2 aromatic carbocycles. The van der Waals surface area contributed by atoms with E-state index in [2.05, 4.69) is 27.0 Å². The van der Waals surface area contributed by atoms with Crippen LogP contribution in [0.5, 0.6) is 5.75 Å². The second kappa shape index (κ2) is 8.78. The Bertz CT molecular complexity index is 1840. The Morgan fingerprint density at radius 3 is 2.79 bits per heavy atom. The van der Waals surface area contributed by atoms with Gasteiger partial charge in [0.25, 0.3) is 5.91 Å². The van der Waals surface area contributed by atoms with Crippen molar-refractivity contribution in [2.24, 2.45) is 14.1 Å². The average Bonchev–Trinajstić information content (AvgIpc) is 3.58. The summed E-state index contributed by atoms with van der Waals surface area (Å²) in [5, 5.41) is 10.5. The third-order valence-electron chi connectivity index (χ3n) is 6.92. The number of carbonyl (C=O) groups excluding carboxylic acids is 1. The van der Waals surface area contributed by atoms with E-state index in [1.54, 1.807) is 39.6 Å². The van der Waals surface area contributed by atoms with E-state index in [1.165, 1.54) is 0 Å². The van der Waals surface area contributed by atoms with Gasteiger partial charge in [-0.25, -0.2) is 4.98 Å². The van der Waals surface area contributed by atoms with Gasteiger partial charge in [-0.1, -0.05) is 23.6 Å². The molecule has 3 aromatic heterocycles. The Morgan fingerprint density at radius 2 is 2.03 bits per heavy atom. The van der Waals surface area contributed by atoms with Crippen LogP contribution < -0.4 is 10.5 Å². The van der Waals surface area contributed by atoms with E-state index in [0.29, 0.717) is 34.3 Å². The Balaban J connectivity index is 1.31. The zero-order valence-electron chi connectivity index (χ0n) is 21.3. The number of pyridine rings is 1. The van der Waals surface area contributed by atoms with Gasteiger partial charge in [-0.15, -0.1) is 0 Å². The molecule has 10 heteroatoms. The molecule has 1 aliphatic heterocycles. The highest BCUT2D eigenvalue weighted by molar-refractivity contribution is 6.35. The minimum absolute atomic E-state index is 0.222. The van der Waals surface area contributed by atoms with Crippen LogP contribution in [-0.2, 0) is 14.1 Å². The van der Waals surface area contributed by atoms with Gasteiger partial charge in [0.1, 0.15) is 23.9 Å². The summed E-state index contributed by atoms with van der Waals surface area (Å²) < 4.78 is 9.43. The summed E-state index contributed by atoms with van der Waals surface area (Å²) >= 11 is 6.58. The number of hydrogen-bond donors (Lipinski definition) is 1. The fourth-order valence-electron chi connectivity index (χ4n) is 4.93. The third kappa shape index (κ3) is 3.81. The van der Waals surface area contributed by atoms with E-state index in [4.69, 9.17) is 22.1 Å². The molecule has 4 heterocycles. The quantitative estimate of drug-likeness (QED) is 0.349. The van der Waals surface area contributed by atoms with Crippen LogP contribution in [0.15, 0.2) is 42.7 Å². The van der Waals surface area contributed by atoms with E-state index >= 15 is 0 Å². The molecule has 1 atom stereocenters. The van der Waals surface area contributed by atoms with Crippen LogP contribution in [0.4, 0.5) is 5.82 Å². The van der Waals surface area contributed by atoms with Crippen molar-refractivity contribution in [3.05, 3.63) is 75.7 Å². The number of aromatic nitrogens is 5. The molecule has 190 valence electrons. The normalized spacial score (nSPS) is 14.3. The number of fused-ring (bicyclic) bond motifs is 4. The summed E-state index contributed by atoms with van der Waals surface area (Å²) in [5.41, 5.74) is 11.4. The van der Waals surface area contributed by atoms with Crippen LogP contribution in [-0.4, -0.2) is 49.0 Å². The number of anilines is 1. The van der Waals surface area contributed by atoms with Gasteiger partial charge in [-0.05, 0) is 37.1 Å². The zero-order chi connectivity index (χ0) is 26.7. The Hall–Kier alpha value is -4.55. The van der Waals surface area contributed by atoms with Crippen molar-refractivity contribution in [2.75, 3.05) is 19.4 Å². The number of carbonyl (C=O) groups is 1. The molecule has 0 spiro atoms. The number of aryl methyl sites for hydroxylation is 3. The maximum Gasteiger partial charge on any atom is 0.255 e. The highest BCUT2D eigenvalue weighted by Crippen LogP contribution is 2.38. The summed E-state index contributed by atoms with van der Waals surface area (Å²) in [7, 11) is 5.45. The number of ether oxygens (including phenoxy) is 1. The predicted molar refractivity (Wildman–Crippen MR) is 146 cm³/mol. The Kier molecular flexibility index (Phi) is 5.51. The molecule has 1 amide bonds. The second-order valence-corrected chi connectivity index (χ2v) is 9.86. The molecule has 0 saturated heterocycles. The summed E-state index contributed by atoms with van der Waals surface area (Å²) in [6.45, 7) is 2.32. The molecule has 0 bridgehead atoms. The van der Waals surface area contributed by atoms with Crippen molar-refractivity contribution in [2.45, 2.75) is 13.0 Å². The zero-order valence-corrected chi connectivity index (χ0v) is 22.0. The van der Waals surface area contributed by atoms with Crippen molar-refractivity contribution in [1.82, 2.24) is 29.4 Å². The molecule has 2 N–H and O–H groups in total. The summed E-state index contributed by atoms with van der Waals surface area (Å²) in [4.78, 5) is 19.8. The fourth-order valence-corrected chi connectivity index (χ4v) is 5.17.